The van der Waals surface area contributed by atoms with Gasteiger partial charge in [0.25, 0.3) is 0 Å². The average Bonchev–Trinajstić information content (AvgIpc) is 3.28. The molecule has 9 nitrogen and oxygen atoms in total. The number of allylic oxidation sites excluding steroid dienone is 4. The molecular weight excluding hydrogens is 822 g/mol. The zero-order chi connectivity index (χ0) is 46.7. The van der Waals surface area contributed by atoms with E-state index in [1.807, 2.05) is 0 Å². The second-order valence-electron chi connectivity index (χ2n) is 18.5. The quantitative estimate of drug-likeness (QED) is 0.0265. The molecule has 64 heavy (non-hydrogen) atoms. The molecule has 0 aliphatic rings. The molecule has 378 valence electrons. The van der Waals surface area contributed by atoms with Crippen LogP contribution in [0, 0.1) is 0 Å². The first-order valence-corrected chi connectivity index (χ1v) is 28.8. The summed E-state index contributed by atoms with van der Waals surface area (Å²) >= 11 is 0. The Bertz CT molecular complexity index is 1100. The molecule has 0 saturated carbocycles. The fourth-order valence-corrected chi connectivity index (χ4v) is 8.79. The van der Waals surface area contributed by atoms with Gasteiger partial charge in [0.1, 0.15) is 6.61 Å². The molecule has 3 N–H and O–H groups in total. The van der Waals surface area contributed by atoms with Gasteiger partial charge in [-0.2, -0.15) is 0 Å². The van der Waals surface area contributed by atoms with Crippen molar-refractivity contribution in [1.82, 2.24) is 0 Å². The second-order valence-corrected chi connectivity index (χ2v) is 19.9. The van der Waals surface area contributed by atoms with Gasteiger partial charge in [-0.15, -0.1) is 0 Å². The van der Waals surface area contributed by atoms with Crippen LogP contribution in [0.5, 0.6) is 0 Å². The number of carbonyl (C=O) groups is 2. The lowest BCUT2D eigenvalue weighted by molar-refractivity contribution is -0.161. The lowest BCUT2D eigenvalue weighted by Crippen LogP contribution is -2.29. The highest BCUT2D eigenvalue weighted by Crippen LogP contribution is 2.43. The van der Waals surface area contributed by atoms with E-state index in [-0.39, 0.29) is 38.6 Å². The zero-order valence-electron chi connectivity index (χ0n) is 42.0. The number of carbonyl (C=O) groups excluding carboxylic acids is 2. The number of phosphoric ester groups is 1. The first-order valence-electron chi connectivity index (χ1n) is 27.3. The summed E-state index contributed by atoms with van der Waals surface area (Å²) in [4.78, 5) is 35.1. The largest absolute Gasteiger partial charge is 0.472 e. The maximum Gasteiger partial charge on any atom is 0.472 e. The van der Waals surface area contributed by atoms with E-state index < -0.39 is 26.5 Å². The van der Waals surface area contributed by atoms with E-state index in [9.17, 15) is 19.0 Å². The van der Waals surface area contributed by atoms with Crippen molar-refractivity contribution < 1.29 is 37.6 Å². The molecular formula is C54H104NO8P. The molecule has 10 heteroatoms. The third-order valence-corrected chi connectivity index (χ3v) is 13.1. The van der Waals surface area contributed by atoms with Crippen LogP contribution in [0.3, 0.4) is 0 Å². The first kappa shape index (κ1) is 62.5. The predicted octanol–water partition coefficient (Wildman–Crippen LogP) is 16.7. The first-order chi connectivity index (χ1) is 31.3. The van der Waals surface area contributed by atoms with Gasteiger partial charge < -0.3 is 20.1 Å². The van der Waals surface area contributed by atoms with E-state index in [4.69, 9.17) is 24.3 Å². The van der Waals surface area contributed by atoms with Crippen molar-refractivity contribution in [2.24, 2.45) is 5.73 Å². The zero-order valence-corrected chi connectivity index (χ0v) is 42.9. The number of unbranched alkanes of at least 4 members (excludes halogenated alkanes) is 35. The van der Waals surface area contributed by atoms with Crippen LogP contribution in [-0.2, 0) is 32.7 Å². The molecule has 0 heterocycles. The molecule has 0 fully saturated rings. The van der Waals surface area contributed by atoms with E-state index in [1.54, 1.807) is 0 Å². The summed E-state index contributed by atoms with van der Waals surface area (Å²) in [5.74, 6) is -0.812. The fourth-order valence-electron chi connectivity index (χ4n) is 8.02. The Balaban J connectivity index is 3.94. The summed E-state index contributed by atoms with van der Waals surface area (Å²) in [6, 6.07) is 0. The summed E-state index contributed by atoms with van der Waals surface area (Å²) in [6.45, 7) is 3.78. The molecule has 0 bridgehead atoms. The molecule has 0 aliphatic heterocycles. The Morgan fingerprint density at radius 1 is 0.469 bits per heavy atom. The van der Waals surface area contributed by atoms with Crippen LogP contribution in [0.15, 0.2) is 24.3 Å². The maximum atomic E-state index is 12.7. The van der Waals surface area contributed by atoms with Gasteiger partial charge in [0.05, 0.1) is 13.2 Å². The third-order valence-electron chi connectivity index (χ3n) is 12.1. The lowest BCUT2D eigenvalue weighted by Gasteiger charge is -2.19. The molecule has 0 aromatic rings. The van der Waals surface area contributed by atoms with E-state index >= 15 is 0 Å². The van der Waals surface area contributed by atoms with Gasteiger partial charge >= 0.3 is 19.8 Å². The Hall–Kier alpha value is -1.51. The molecule has 0 aromatic carbocycles. The number of ether oxygens (including phenoxy) is 2. The number of phosphoric acid groups is 1. The molecule has 0 amide bonds. The van der Waals surface area contributed by atoms with E-state index in [1.165, 1.54) is 205 Å². The Morgan fingerprint density at radius 3 is 1.19 bits per heavy atom. The fraction of sp³-hybridized carbons (Fsp3) is 0.889. The van der Waals surface area contributed by atoms with Crippen molar-refractivity contribution >= 4 is 19.8 Å². The van der Waals surface area contributed by atoms with Crippen molar-refractivity contribution in [2.45, 2.75) is 283 Å². The van der Waals surface area contributed by atoms with Gasteiger partial charge in [0.2, 0.25) is 0 Å². The number of nitrogens with two attached hydrogens (primary N) is 1. The van der Waals surface area contributed by atoms with Crippen LogP contribution in [0.4, 0.5) is 0 Å². The second kappa shape index (κ2) is 50.9. The van der Waals surface area contributed by atoms with Crippen LogP contribution in [0.1, 0.15) is 277 Å². The van der Waals surface area contributed by atoms with Gasteiger partial charge in [0, 0.05) is 19.4 Å². The third kappa shape index (κ3) is 49.9. The van der Waals surface area contributed by atoms with Gasteiger partial charge in [-0.3, -0.25) is 18.6 Å². The molecule has 0 rings (SSSR count). The SMILES string of the molecule is CCCCCCC/C=C\C/C=C\CCCCCCCCCCCCCCCCCC(=O)OC(COC(=O)CCCCCCCCCCCCCCCCCC)COP(=O)(O)OCCN. The standard InChI is InChI=1S/C54H104NO8P/c1-3-5-7-9-11-13-15-17-19-21-22-23-24-25-26-27-28-29-30-31-33-35-37-39-41-43-45-47-54(57)63-52(51-62-64(58,59)61-49-48-55)50-60-53(56)46-44-42-40-38-36-34-32-20-18-16-14-12-10-8-6-4-2/h15,17,21-22,52H,3-14,16,18-20,23-51,55H2,1-2H3,(H,58,59)/b17-15-,22-21-. The monoisotopic (exact) mass is 926 g/mol. The van der Waals surface area contributed by atoms with Crippen LogP contribution in [0.25, 0.3) is 0 Å². The van der Waals surface area contributed by atoms with Crippen molar-refractivity contribution in [2.75, 3.05) is 26.4 Å². The van der Waals surface area contributed by atoms with Crippen LogP contribution < -0.4 is 5.73 Å². The Labute approximate surface area is 395 Å². The van der Waals surface area contributed by atoms with E-state index in [2.05, 4.69) is 38.2 Å². The highest BCUT2D eigenvalue weighted by Gasteiger charge is 2.26. The summed E-state index contributed by atoms with van der Waals surface area (Å²) < 4.78 is 33.0. The van der Waals surface area contributed by atoms with E-state index in [0.29, 0.717) is 6.42 Å². The van der Waals surface area contributed by atoms with Crippen LogP contribution in [-0.4, -0.2) is 49.3 Å². The van der Waals surface area contributed by atoms with Gasteiger partial charge in [-0.1, -0.05) is 244 Å². The minimum atomic E-state index is -4.38. The van der Waals surface area contributed by atoms with Crippen LogP contribution in [0.2, 0.25) is 0 Å². The minimum Gasteiger partial charge on any atom is -0.462 e. The minimum absolute atomic E-state index is 0.0561. The summed E-state index contributed by atoms with van der Waals surface area (Å²) in [6.07, 6.45) is 58.0. The number of hydrogen-bond acceptors (Lipinski definition) is 8. The number of hydrogen-bond donors (Lipinski definition) is 2. The summed E-state index contributed by atoms with van der Waals surface area (Å²) in [5, 5.41) is 0. The highest BCUT2D eigenvalue weighted by molar-refractivity contribution is 7.47. The summed E-state index contributed by atoms with van der Waals surface area (Å²) in [5.41, 5.74) is 5.37. The molecule has 2 atom stereocenters. The topological polar surface area (TPSA) is 134 Å². The molecule has 0 radical (unpaired) electrons. The predicted molar refractivity (Wildman–Crippen MR) is 271 cm³/mol. The summed E-state index contributed by atoms with van der Waals surface area (Å²) in [7, 11) is -4.38. The molecule has 0 aromatic heterocycles. The van der Waals surface area contributed by atoms with Crippen molar-refractivity contribution in [3.8, 4) is 0 Å². The van der Waals surface area contributed by atoms with Crippen molar-refractivity contribution in [3.05, 3.63) is 24.3 Å². The highest BCUT2D eigenvalue weighted by atomic mass is 31.2. The molecule has 0 saturated heterocycles. The Morgan fingerprint density at radius 2 is 0.812 bits per heavy atom. The average molecular weight is 926 g/mol. The lowest BCUT2D eigenvalue weighted by atomic mass is 10.0. The van der Waals surface area contributed by atoms with Gasteiger partial charge in [-0.25, -0.2) is 4.57 Å². The van der Waals surface area contributed by atoms with Gasteiger partial charge in [-0.05, 0) is 44.9 Å². The van der Waals surface area contributed by atoms with Crippen LogP contribution >= 0.6 is 7.82 Å². The molecule has 2 unspecified atom stereocenters. The smallest absolute Gasteiger partial charge is 0.462 e. The van der Waals surface area contributed by atoms with Crippen molar-refractivity contribution in [1.29, 1.82) is 0 Å². The Kier molecular flexibility index (Phi) is 49.7. The molecule has 0 spiro atoms. The van der Waals surface area contributed by atoms with Gasteiger partial charge in [0.15, 0.2) is 6.10 Å². The maximum absolute atomic E-state index is 12.7. The van der Waals surface area contributed by atoms with E-state index in [0.717, 1.165) is 38.5 Å². The number of rotatable bonds is 52. The normalized spacial score (nSPS) is 13.2. The molecule has 0 aliphatic carbocycles. The van der Waals surface area contributed by atoms with Crippen molar-refractivity contribution in [3.63, 3.8) is 0 Å². The number of esters is 2.